The van der Waals surface area contributed by atoms with Gasteiger partial charge in [0.05, 0.1) is 29.5 Å². The molecule has 0 spiro atoms. The van der Waals surface area contributed by atoms with Gasteiger partial charge < -0.3 is 9.64 Å². The molecule has 5 rings (SSSR count). The van der Waals surface area contributed by atoms with E-state index in [2.05, 4.69) is 20.8 Å². The molecule has 2 aliphatic rings. The van der Waals surface area contributed by atoms with Crippen molar-refractivity contribution >= 4 is 41.0 Å². The normalized spacial score (nSPS) is 17.9. The molecule has 2 aliphatic heterocycles. The third kappa shape index (κ3) is 5.16. The first-order valence-corrected chi connectivity index (χ1v) is 14.3. The average molecular weight is 553 g/mol. The third-order valence-corrected chi connectivity index (χ3v) is 8.51. The number of hydrogen-bond acceptors (Lipinski definition) is 5. The lowest BCUT2D eigenvalue weighted by Gasteiger charge is -2.26. The number of fused-ring (bicyclic) bond motifs is 1. The molecule has 1 fully saturated rings. The van der Waals surface area contributed by atoms with Crippen LogP contribution in [0, 0.1) is 0 Å². The Bertz CT molecular complexity index is 1340. The van der Waals surface area contributed by atoms with Crippen LogP contribution in [0.15, 0.2) is 48.5 Å². The van der Waals surface area contributed by atoms with Crippen molar-refractivity contribution in [3.05, 3.63) is 70.4 Å². The average Bonchev–Trinajstić information content (AvgIpc) is 3.54. The molecule has 0 bridgehead atoms. The summed E-state index contributed by atoms with van der Waals surface area (Å²) in [5, 5.41) is 5.59. The lowest BCUT2D eigenvalue weighted by Crippen LogP contribution is -2.43. The molecule has 0 N–H and O–H groups in total. The van der Waals surface area contributed by atoms with E-state index in [1.165, 1.54) is 0 Å². The van der Waals surface area contributed by atoms with Crippen molar-refractivity contribution in [1.29, 1.82) is 0 Å². The number of rotatable bonds is 5. The molecule has 3 heterocycles. The summed E-state index contributed by atoms with van der Waals surface area (Å²) in [6, 6.07) is 15.4. The van der Waals surface area contributed by atoms with Gasteiger partial charge >= 0.3 is 0 Å². The number of benzene rings is 2. The molecule has 0 saturated carbocycles. The van der Waals surface area contributed by atoms with E-state index in [4.69, 9.17) is 21.4 Å². The van der Waals surface area contributed by atoms with Crippen LogP contribution in [-0.2, 0) is 15.0 Å². The summed E-state index contributed by atoms with van der Waals surface area (Å²) in [5.74, 6) is 1.47. The maximum atomic E-state index is 13.8. The van der Waals surface area contributed by atoms with E-state index >= 15 is 0 Å². The van der Waals surface area contributed by atoms with Crippen molar-refractivity contribution in [3.63, 3.8) is 0 Å². The molecule has 38 heavy (non-hydrogen) atoms. The van der Waals surface area contributed by atoms with Gasteiger partial charge in [0.2, 0.25) is 11.8 Å². The Morgan fingerprint density at radius 2 is 1.84 bits per heavy atom. The molecule has 2 amide bonds. The number of aromatic nitrogens is 2. The molecule has 200 valence electrons. The first-order chi connectivity index (χ1) is 18.2. The molecule has 3 aromatic rings. The topological polar surface area (TPSA) is 67.7 Å². The van der Waals surface area contributed by atoms with Gasteiger partial charge in [0.25, 0.3) is 0 Å². The molecule has 0 aliphatic carbocycles. The van der Waals surface area contributed by atoms with Gasteiger partial charge in [0.15, 0.2) is 0 Å². The first-order valence-electron chi connectivity index (χ1n) is 12.9. The number of amides is 2. The summed E-state index contributed by atoms with van der Waals surface area (Å²) in [4.78, 5) is 30.6. The van der Waals surface area contributed by atoms with Crippen LogP contribution in [0.1, 0.15) is 55.7 Å². The van der Waals surface area contributed by atoms with Crippen LogP contribution in [0.25, 0.3) is 5.69 Å². The zero-order valence-corrected chi connectivity index (χ0v) is 23.8. The van der Waals surface area contributed by atoms with Crippen molar-refractivity contribution in [3.8, 4) is 11.4 Å². The van der Waals surface area contributed by atoms with Gasteiger partial charge in [0, 0.05) is 29.1 Å². The summed E-state index contributed by atoms with van der Waals surface area (Å²) in [6.45, 7) is 7.83. The van der Waals surface area contributed by atoms with Gasteiger partial charge in [-0.1, -0.05) is 44.5 Å². The van der Waals surface area contributed by atoms with E-state index in [0.29, 0.717) is 10.8 Å². The predicted octanol–water partition coefficient (Wildman–Crippen LogP) is 5.62. The number of carbonyl (C=O) groups excluding carboxylic acids is 2. The second-order valence-corrected chi connectivity index (χ2v) is 12.3. The molecule has 9 heteroatoms. The van der Waals surface area contributed by atoms with Gasteiger partial charge in [-0.2, -0.15) is 5.10 Å². The van der Waals surface area contributed by atoms with Gasteiger partial charge in [-0.25, -0.2) is 4.68 Å². The Morgan fingerprint density at radius 3 is 2.47 bits per heavy atom. The zero-order chi connectivity index (χ0) is 27.0. The molecule has 1 atom stereocenters. The Kier molecular flexibility index (Phi) is 7.47. The van der Waals surface area contributed by atoms with Crippen LogP contribution < -0.4 is 9.64 Å². The number of likely N-dealkylation sites (tertiary alicyclic amines) is 1. The zero-order valence-electron chi connectivity index (χ0n) is 22.2. The lowest BCUT2D eigenvalue weighted by molar-refractivity contribution is -0.130. The van der Waals surface area contributed by atoms with Crippen LogP contribution in [-0.4, -0.2) is 59.0 Å². The van der Waals surface area contributed by atoms with E-state index in [-0.39, 0.29) is 34.8 Å². The number of anilines is 1. The second-order valence-electron chi connectivity index (χ2n) is 10.8. The number of ether oxygens (including phenoxy) is 1. The van der Waals surface area contributed by atoms with Crippen LogP contribution >= 0.6 is 23.4 Å². The maximum absolute atomic E-state index is 13.8. The summed E-state index contributed by atoms with van der Waals surface area (Å²) >= 11 is 7.98. The number of thioether (sulfide) groups is 1. The van der Waals surface area contributed by atoms with Crippen molar-refractivity contribution in [2.45, 2.75) is 44.3 Å². The fourth-order valence-corrected chi connectivity index (χ4v) is 6.50. The molecule has 7 nitrogen and oxygen atoms in total. The van der Waals surface area contributed by atoms with Crippen molar-refractivity contribution in [2.75, 3.05) is 37.4 Å². The molecule has 1 aromatic heterocycles. The highest BCUT2D eigenvalue weighted by atomic mass is 35.5. The molecule has 1 saturated heterocycles. The van der Waals surface area contributed by atoms with Crippen LogP contribution in [0.5, 0.6) is 5.75 Å². The van der Waals surface area contributed by atoms with Gasteiger partial charge in [-0.15, -0.1) is 11.8 Å². The highest BCUT2D eigenvalue weighted by Gasteiger charge is 2.40. The Morgan fingerprint density at radius 1 is 1.13 bits per heavy atom. The van der Waals surface area contributed by atoms with E-state index in [1.54, 1.807) is 23.8 Å². The summed E-state index contributed by atoms with van der Waals surface area (Å²) in [5.41, 5.74) is 3.30. The first kappa shape index (κ1) is 26.6. The smallest absolute Gasteiger partial charge is 0.242 e. The minimum absolute atomic E-state index is 0.0138. The molecule has 0 unspecified atom stereocenters. The minimum Gasteiger partial charge on any atom is -0.497 e. The number of halogens is 1. The maximum Gasteiger partial charge on any atom is 0.242 e. The predicted molar refractivity (Wildman–Crippen MR) is 153 cm³/mol. The van der Waals surface area contributed by atoms with Gasteiger partial charge in [0.1, 0.15) is 18.1 Å². The third-order valence-electron chi connectivity index (χ3n) is 7.02. The summed E-state index contributed by atoms with van der Waals surface area (Å²) < 4.78 is 7.20. The summed E-state index contributed by atoms with van der Waals surface area (Å²) in [6.07, 6.45) is 1.99. The highest BCUT2D eigenvalue weighted by Crippen LogP contribution is 2.48. The second kappa shape index (κ2) is 10.7. The molecular weight excluding hydrogens is 520 g/mol. The Hall–Kier alpha value is -2.97. The van der Waals surface area contributed by atoms with E-state index in [0.717, 1.165) is 54.2 Å². The van der Waals surface area contributed by atoms with E-state index in [9.17, 15) is 9.59 Å². The van der Waals surface area contributed by atoms with Crippen molar-refractivity contribution in [2.24, 2.45) is 0 Å². The minimum atomic E-state index is -0.322. The van der Waals surface area contributed by atoms with Crippen LogP contribution in [0.4, 0.5) is 5.82 Å². The lowest BCUT2D eigenvalue weighted by atomic mass is 9.87. The van der Waals surface area contributed by atoms with E-state index < -0.39 is 0 Å². The van der Waals surface area contributed by atoms with Crippen molar-refractivity contribution in [1.82, 2.24) is 14.7 Å². The molecule has 0 radical (unpaired) electrons. The van der Waals surface area contributed by atoms with Crippen LogP contribution in [0.2, 0.25) is 5.02 Å². The van der Waals surface area contributed by atoms with E-state index in [1.807, 2.05) is 58.1 Å². The van der Waals surface area contributed by atoms with Crippen molar-refractivity contribution < 1.29 is 14.3 Å². The Balaban J connectivity index is 1.74. The number of nitrogens with zero attached hydrogens (tertiary/aromatic N) is 4. The quantitative estimate of drug-likeness (QED) is 0.411. The summed E-state index contributed by atoms with van der Waals surface area (Å²) in [7, 11) is 1.63. The molecule has 2 aromatic carbocycles. The molecular formula is C29H33ClN4O3S. The number of hydrogen-bond donors (Lipinski definition) is 0. The fraction of sp³-hybridized carbons (Fsp3) is 0.414. The SMILES string of the molecule is COc1ccc(-n2nc(C(C)(C)C)c3c2N(CC(=O)N2CCCC2)C(=O)CS[C@H]3c2cccc(Cl)c2)cc1. The largest absolute Gasteiger partial charge is 0.497 e. The van der Waals surface area contributed by atoms with Crippen LogP contribution in [0.3, 0.4) is 0 Å². The number of methoxy groups -OCH3 is 1. The Labute approximate surface area is 233 Å². The monoisotopic (exact) mass is 552 g/mol. The highest BCUT2D eigenvalue weighted by molar-refractivity contribution is 8.00. The van der Waals surface area contributed by atoms with Gasteiger partial charge in [-0.05, 0) is 54.8 Å². The van der Waals surface area contributed by atoms with Gasteiger partial charge in [-0.3, -0.25) is 14.5 Å². The fourth-order valence-electron chi connectivity index (χ4n) is 5.11. The standard InChI is InChI=1S/C29H33ClN4O3S/c1-29(2,3)27-25-26(19-8-7-9-20(30)16-19)38-18-24(36)33(17-23(35)32-14-5-6-15-32)28(25)34(31-27)21-10-12-22(37-4)13-11-21/h7-13,16,26H,5-6,14-15,17-18H2,1-4H3/t26-/m0/s1. The number of carbonyl (C=O) groups is 2.